The molecule has 88 valence electrons. The van der Waals surface area contributed by atoms with Crippen LogP contribution in [0, 0.1) is 0 Å². The Kier molecular flexibility index (Phi) is 5.89. The first-order chi connectivity index (χ1) is 7.59. The third kappa shape index (κ3) is 5.02. The summed E-state index contributed by atoms with van der Waals surface area (Å²) in [5, 5.41) is 4.79. The van der Waals surface area contributed by atoms with Crippen molar-refractivity contribution in [3.63, 3.8) is 0 Å². The summed E-state index contributed by atoms with van der Waals surface area (Å²) in [7, 11) is 0. The highest BCUT2D eigenvalue weighted by Crippen LogP contribution is 2.21. The number of nitrogens with one attached hydrogen (secondary N) is 1. The Bertz CT molecular complexity index is 359. The van der Waals surface area contributed by atoms with Gasteiger partial charge in [0.25, 0.3) is 0 Å². The minimum absolute atomic E-state index is 0.531. The Morgan fingerprint density at radius 2 is 2.06 bits per heavy atom. The Morgan fingerprint density at radius 1 is 1.31 bits per heavy atom. The maximum Gasteiger partial charge on any atom is 0.0479 e. The van der Waals surface area contributed by atoms with Crippen molar-refractivity contribution in [2.45, 2.75) is 26.3 Å². The van der Waals surface area contributed by atoms with Gasteiger partial charge in [0.05, 0.1) is 0 Å². The molecule has 1 aromatic carbocycles. The highest BCUT2D eigenvalue weighted by atomic mass is 35.5. The maximum atomic E-state index is 6.03. The predicted molar refractivity (Wildman–Crippen MR) is 73.3 cm³/mol. The zero-order chi connectivity index (χ0) is 12.0. The van der Waals surface area contributed by atoms with Crippen molar-refractivity contribution in [1.29, 1.82) is 0 Å². The molecule has 0 fully saturated rings. The van der Waals surface area contributed by atoms with Gasteiger partial charge in [-0.15, -0.1) is 0 Å². The van der Waals surface area contributed by atoms with E-state index in [4.69, 9.17) is 23.2 Å². The summed E-state index contributed by atoms with van der Waals surface area (Å²) in [4.78, 5) is 0. The fraction of sp³-hybridized carbons (Fsp3) is 0.385. The number of hydrogen-bond acceptors (Lipinski definition) is 1. The van der Waals surface area contributed by atoms with Crippen LogP contribution in [0.1, 0.15) is 25.8 Å². The van der Waals surface area contributed by atoms with Gasteiger partial charge in [-0.2, -0.15) is 0 Å². The van der Waals surface area contributed by atoms with E-state index in [0.717, 1.165) is 23.6 Å². The van der Waals surface area contributed by atoms with Crippen molar-refractivity contribution in [2.75, 3.05) is 6.54 Å². The lowest BCUT2D eigenvalue weighted by Crippen LogP contribution is -2.23. The summed E-state index contributed by atoms with van der Waals surface area (Å²) in [6, 6.07) is 6.01. The zero-order valence-electron chi connectivity index (χ0n) is 9.63. The van der Waals surface area contributed by atoms with Crippen LogP contribution in [0.4, 0.5) is 0 Å². The van der Waals surface area contributed by atoms with Crippen molar-refractivity contribution in [2.24, 2.45) is 0 Å². The van der Waals surface area contributed by atoms with Gasteiger partial charge in [0, 0.05) is 16.1 Å². The molecule has 0 unspecified atom stereocenters. The predicted octanol–water partition coefficient (Wildman–Crippen LogP) is 4.39. The molecule has 0 aliphatic carbocycles. The van der Waals surface area contributed by atoms with Crippen LogP contribution in [0.3, 0.4) is 0 Å². The van der Waals surface area contributed by atoms with Gasteiger partial charge in [0.15, 0.2) is 0 Å². The molecule has 0 heterocycles. The molecule has 1 rings (SSSR count). The molecule has 0 aliphatic heterocycles. The van der Waals surface area contributed by atoms with Gasteiger partial charge in [-0.25, -0.2) is 0 Å². The van der Waals surface area contributed by atoms with Crippen molar-refractivity contribution >= 4 is 29.3 Å². The lowest BCUT2D eigenvalue weighted by atomic mass is 10.2. The van der Waals surface area contributed by atoms with Crippen molar-refractivity contribution in [3.8, 4) is 0 Å². The molecule has 16 heavy (non-hydrogen) atoms. The van der Waals surface area contributed by atoms with Crippen LogP contribution in [-0.4, -0.2) is 12.6 Å². The lowest BCUT2D eigenvalue weighted by molar-refractivity contribution is 0.595. The van der Waals surface area contributed by atoms with E-state index in [1.54, 1.807) is 6.07 Å². The van der Waals surface area contributed by atoms with Crippen molar-refractivity contribution in [3.05, 3.63) is 39.9 Å². The zero-order valence-corrected chi connectivity index (χ0v) is 11.1. The minimum Gasteiger partial charge on any atom is -0.314 e. The summed E-state index contributed by atoms with van der Waals surface area (Å²) in [6.07, 6.45) is 5.10. The minimum atomic E-state index is 0.531. The Balaban J connectivity index is 2.46. The first-order valence-corrected chi connectivity index (χ1v) is 6.20. The van der Waals surface area contributed by atoms with Gasteiger partial charge >= 0.3 is 0 Å². The van der Waals surface area contributed by atoms with Gasteiger partial charge in [-0.1, -0.05) is 49.2 Å². The second kappa shape index (κ2) is 6.95. The van der Waals surface area contributed by atoms with Crippen molar-refractivity contribution in [1.82, 2.24) is 5.32 Å². The first kappa shape index (κ1) is 13.6. The SMILES string of the molecule is CC(C)NCCC=Cc1cc(Cl)ccc1Cl. The summed E-state index contributed by atoms with van der Waals surface area (Å²) >= 11 is 11.9. The fourth-order valence-electron chi connectivity index (χ4n) is 1.31. The molecule has 1 aromatic rings. The highest BCUT2D eigenvalue weighted by Gasteiger charge is 1.96. The number of halogens is 2. The van der Waals surface area contributed by atoms with E-state index in [0.29, 0.717) is 11.1 Å². The quantitative estimate of drug-likeness (QED) is 0.772. The molecule has 0 saturated carbocycles. The van der Waals surface area contributed by atoms with Crippen LogP contribution < -0.4 is 5.32 Å². The molecule has 3 heteroatoms. The van der Waals surface area contributed by atoms with Gasteiger partial charge in [-0.3, -0.25) is 0 Å². The fourth-order valence-corrected chi connectivity index (χ4v) is 1.67. The normalized spacial score (nSPS) is 11.6. The topological polar surface area (TPSA) is 12.0 Å². The Morgan fingerprint density at radius 3 is 2.75 bits per heavy atom. The van der Waals surface area contributed by atoms with E-state index < -0.39 is 0 Å². The van der Waals surface area contributed by atoms with Gasteiger partial charge in [0.2, 0.25) is 0 Å². The lowest BCUT2D eigenvalue weighted by Gasteiger charge is -2.05. The van der Waals surface area contributed by atoms with Crippen LogP contribution in [0.5, 0.6) is 0 Å². The standard InChI is InChI=1S/C13H17Cl2N/c1-10(2)16-8-4-3-5-11-9-12(14)6-7-13(11)15/h3,5-7,9-10,16H,4,8H2,1-2H3. The summed E-state index contributed by atoms with van der Waals surface area (Å²) in [5.74, 6) is 0. The molecule has 0 bridgehead atoms. The second-order valence-corrected chi connectivity index (χ2v) is 4.81. The van der Waals surface area contributed by atoms with E-state index in [1.165, 1.54) is 0 Å². The largest absolute Gasteiger partial charge is 0.314 e. The molecule has 0 aliphatic rings. The average molecular weight is 258 g/mol. The Labute approximate surface area is 107 Å². The molecule has 0 aromatic heterocycles. The monoisotopic (exact) mass is 257 g/mol. The first-order valence-electron chi connectivity index (χ1n) is 5.44. The van der Waals surface area contributed by atoms with Crippen LogP contribution in [0.25, 0.3) is 6.08 Å². The highest BCUT2D eigenvalue weighted by molar-refractivity contribution is 6.34. The van der Waals surface area contributed by atoms with E-state index in [-0.39, 0.29) is 0 Å². The molecular weight excluding hydrogens is 241 g/mol. The molecule has 0 atom stereocenters. The number of benzene rings is 1. The number of hydrogen-bond donors (Lipinski definition) is 1. The van der Waals surface area contributed by atoms with E-state index in [2.05, 4.69) is 25.2 Å². The van der Waals surface area contributed by atoms with E-state index in [1.807, 2.05) is 18.2 Å². The third-order valence-electron chi connectivity index (χ3n) is 2.12. The molecule has 0 amide bonds. The van der Waals surface area contributed by atoms with Crippen LogP contribution in [0.15, 0.2) is 24.3 Å². The molecule has 1 nitrogen and oxygen atoms in total. The van der Waals surface area contributed by atoms with Crippen LogP contribution >= 0.6 is 23.2 Å². The van der Waals surface area contributed by atoms with Gasteiger partial charge in [0.1, 0.15) is 0 Å². The van der Waals surface area contributed by atoms with Gasteiger partial charge in [-0.05, 0) is 36.7 Å². The molecule has 1 N–H and O–H groups in total. The molecule has 0 spiro atoms. The summed E-state index contributed by atoms with van der Waals surface area (Å²) in [6.45, 7) is 5.25. The molecular formula is C13H17Cl2N. The van der Waals surface area contributed by atoms with E-state index >= 15 is 0 Å². The second-order valence-electron chi connectivity index (χ2n) is 3.97. The number of rotatable bonds is 5. The molecule has 0 radical (unpaired) electrons. The average Bonchev–Trinajstić information content (AvgIpc) is 2.22. The summed E-state index contributed by atoms with van der Waals surface area (Å²) < 4.78 is 0. The Hall–Kier alpha value is -0.500. The van der Waals surface area contributed by atoms with E-state index in [9.17, 15) is 0 Å². The van der Waals surface area contributed by atoms with Crippen LogP contribution in [0.2, 0.25) is 10.0 Å². The maximum absolute atomic E-state index is 6.03. The molecule has 0 saturated heterocycles. The van der Waals surface area contributed by atoms with Gasteiger partial charge < -0.3 is 5.32 Å². The third-order valence-corrected chi connectivity index (χ3v) is 2.70. The summed E-state index contributed by atoms with van der Waals surface area (Å²) in [5.41, 5.74) is 0.971. The smallest absolute Gasteiger partial charge is 0.0479 e. The van der Waals surface area contributed by atoms with Crippen molar-refractivity contribution < 1.29 is 0 Å². The van der Waals surface area contributed by atoms with Crippen LogP contribution in [-0.2, 0) is 0 Å².